The van der Waals surface area contributed by atoms with Gasteiger partial charge in [0.05, 0.1) is 0 Å². The first-order valence-corrected chi connectivity index (χ1v) is 9.99. The van der Waals surface area contributed by atoms with E-state index in [4.69, 9.17) is 0 Å². The molecule has 5 rings (SSSR count). The topological polar surface area (TPSA) is 24.1 Å². The van der Waals surface area contributed by atoms with E-state index in [1.165, 1.54) is 43.1 Å². The summed E-state index contributed by atoms with van der Waals surface area (Å²) >= 11 is 0. The quantitative estimate of drug-likeness (QED) is 0.219. The van der Waals surface area contributed by atoms with Gasteiger partial charge in [-0.2, -0.15) is 0 Å². The fourth-order valence-electron chi connectivity index (χ4n) is 3.64. The van der Waals surface area contributed by atoms with Gasteiger partial charge < -0.3 is 0 Å². The molecule has 0 bridgehead atoms. The van der Waals surface area contributed by atoms with E-state index in [1.54, 1.807) is 0 Å². The van der Waals surface area contributed by atoms with Crippen molar-refractivity contribution in [2.24, 2.45) is 0 Å². The summed E-state index contributed by atoms with van der Waals surface area (Å²) in [5.74, 6) is 0. The number of hydrogen-bond donors (Lipinski definition) is 2. The standard InChI is InChI=1S/C22H14.C4H12N2/c1-2-6-16-10-20-14-22-12-18-8-4-3-7-17(18)11-21(22)13-19(20)9-15(16)5-1;1-3-5-6-4-2/h1-14H;5-6H,3-4H2,1-2H3. The molecule has 2 heteroatoms. The molecule has 0 spiro atoms. The van der Waals surface area contributed by atoms with Crippen LogP contribution in [0, 0.1) is 0 Å². The normalized spacial score (nSPS) is 11.1. The van der Waals surface area contributed by atoms with Crippen LogP contribution < -0.4 is 10.9 Å². The third-order valence-corrected chi connectivity index (χ3v) is 5.00. The second kappa shape index (κ2) is 8.39. The van der Waals surface area contributed by atoms with Crippen LogP contribution in [0.3, 0.4) is 0 Å². The number of benzene rings is 5. The molecule has 0 aliphatic carbocycles. The minimum absolute atomic E-state index is 0.994. The first-order valence-electron chi connectivity index (χ1n) is 9.99. The molecule has 2 nitrogen and oxygen atoms in total. The van der Waals surface area contributed by atoms with Gasteiger partial charge in [0, 0.05) is 13.1 Å². The molecule has 0 amide bonds. The van der Waals surface area contributed by atoms with Crippen molar-refractivity contribution in [1.29, 1.82) is 0 Å². The summed E-state index contributed by atoms with van der Waals surface area (Å²) in [6.45, 7) is 6.10. The van der Waals surface area contributed by atoms with Crippen LogP contribution in [0.15, 0.2) is 84.9 Å². The number of fused-ring (bicyclic) bond motifs is 4. The van der Waals surface area contributed by atoms with E-state index in [-0.39, 0.29) is 0 Å². The molecule has 28 heavy (non-hydrogen) atoms. The van der Waals surface area contributed by atoms with Crippen molar-refractivity contribution in [2.45, 2.75) is 13.8 Å². The van der Waals surface area contributed by atoms with Crippen LogP contribution in [0.25, 0.3) is 43.1 Å². The van der Waals surface area contributed by atoms with Crippen molar-refractivity contribution in [1.82, 2.24) is 10.9 Å². The maximum atomic E-state index is 2.95. The highest BCUT2D eigenvalue weighted by Crippen LogP contribution is 2.29. The number of hydrazine groups is 1. The van der Waals surface area contributed by atoms with Crippen LogP contribution in [0.1, 0.15) is 13.8 Å². The lowest BCUT2D eigenvalue weighted by molar-refractivity contribution is 0.573. The Balaban J connectivity index is 0.000000283. The second-order valence-corrected chi connectivity index (χ2v) is 7.01. The average molecular weight is 367 g/mol. The van der Waals surface area contributed by atoms with E-state index < -0.39 is 0 Å². The molecule has 0 radical (unpaired) electrons. The van der Waals surface area contributed by atoms with Crippen molar-refractivity contribution in [3.63, 3.8) is 0 Å². The number of hydrogen-bond acceptors (Lipinski definition) is 2. The molecule has 5 aromatic carbocycles. The van der Waals surface area contributed by atoms with E-state index in [1.807, 2.05) is 0 Å². The molecule has 140 valence electrons. The Morgan fingerprint density at radius 1 is 0.429 bits per heavy atom. The SMILES string of the molecule is CCNNCC.c1ccc2cc3cc4cc5ccccc5cc4cc3cc2c1. The third kappa shape index (κ3) is 3.84. The second-order valence-electron chi connectivity index (χ2n) is 7.01. The van der Waals surface area contributed by atoms with E-state index in [0.717, 1.165) is 13.1 Å². The predicted octanol–water partition coefficient (Wildman–Crippen LogP) is 6.42. The van der Waals surface area contributed by atoms with Crippen molar-refractivity contribution < 1.29 is 0 Å². The monoisotopic (exact) mass is 366 g/mol. The van der Waals surface area contributed by atoms with E-state index in [9.17, 15) is 0 Å². The minimum atomic E-state index is 0.994. The molecule has 0 saturated carbocycles. The van der Waals surface area contributed by atoms with Gasteiger partial charge in [0.1, 0.15) is 0 Å². The van der Waals surface area contributed by atoms with Crippen molar-refractivity contribution in [3.8, 4) is 0 Å². The zero-order valence-electron chi connectivity index (χ0n) is 16.5. The highest BCUT2D eigenvalue weighted by molar-refractivity contribution is 6.08. The lowest BCUT2D eigenvalue weighted by Gasteiger charge is -2.07. The Bertz CT molecular complexity index is 1050. The fraction of sp³-hybridized carbons (Fsp3) is 0.154. The largest absolute Gasteiger partial charge is 0.258 e. The van der Waals surface area contributed by atoms with E-state index in [0.29, 0.717) is 0 Å². The molecule has 0 aliphatic heterocycles. The predicted molar refractivity (Wildman–Crippen MR) is 124 cm³/mol. The van der Waals surface area contributed by atoms with Gasteiger partial charge in [-0.15, -0.1) is 0 Å². The molecule has 0 atom stereocenters. The summed E-state index contributed by atoms with van der Waals surface area (Å²) in [4.78, 5) is 0. The van der Waals surface area contributed by atoms with Gasteiger partial charge >= 0.3 is 0 Å². The summed E-state index contributed by atoms with van der Waals surface area (Å²) in [6.07, 6.45) is 0. The van der Waals surface area contributed by atoms with Crippen molar-refractivity contribution in [2.75, 3.05) is 13.1 Å². The maximum Gasteiger partial charge on any atom is 0.00713 e. The Morgan fingerprint density at radius 3 is 0.929 bits per heavy atom. The molecular weight excluding hydrogens is 340 g/mol. The van der Waals surface area contributed by atoms with E-state index in [2.05, 4.69) is 110 Å². The van der Waals surface area contributed by atoms with Crippen molar-refractivity contribution >= 4 is 43.1 Å². The lowest BCUT2D eigenvalue weighted by Crippen LogP contribution is -2.30. The van der Waals surface area contributed by atoms with Crippen LogP contribution >= 0.6 is 0 Å². The van der Waals surface area contributed by atoms with Crippen molar-refractivity contribution in [3.05, 3.63) is 84.9 Å². The molecule has 0 aromatic heterocycles. The summed E-state index contributed by atoms with van der Waals surface area (Å²) in [5.41, 5.74) is 5.90. The highest BCUT2D eigenvalue weighted by Gasteiger charge is 2.02. The molecule has 0 aliphatic rings. The maximum absolute atomic E-state index is 2.95. The smallest absolute Gasteiger partial charge is 0.00713 e. The summed E-state index contributed by atoms with van der Waals surface area (Å²) in [7, 11) is 0. The van der Waals surface area contributed by atoms with Gasteiger partial charge in [0.25, 0.3) is 0 Å². The van der Waals surface area contributed by atoms with Crippen LogP contribution in [-0.2, 0) is 0 Å². The third-order valence-electron chi connectivity index (χ3n) is 5.00. The van der Waals surface area contributed by atoms with Crippen LogP contribution in [-0.4, -0.2) is 13.1 Å². The molecule has 5 aromatic rings. The van der Waals surface area contributed by atoms with Gasteiger partial charge in [0.2, 0.25) is 0 Å². The number of rotatable bonds is 3. The van der Waals surface area contributed by atoms with Gasteiger partial charge in [0.15, 0.2) is 0 Å². The summed E-state index contributed by atoms with van der Waals surface area (Å²) < 4.78 is 0. The van der Waals surface area contributed by atoms with Gasteiger partial charge in [-0.25, -0.2) is 0 Å². The first-order chi connectivity index (χ1) is 13.8. The van der Waals surface area contributed by atoms with Gasteiger partial charge in [-0.3, -0.25) is 10.9 Å². The fourth-order valence-corrected chi connectivity index (χ4v) is 3.64. The Kier molecular flexibility index (Phi) is 5.52. The average Bonchev–Trinajstić information content (AvgIpc) is 2.73. The zero-order chi connectivity index (χ0) is 19.3. The molecule has 0 saturated heterocycles. The van der Waals surface area contributed by atoms with Crippen LogP contribution in [0.5, 0.6) is 0 Å². The lowest BCUT2D eigenvalue weighted by atomic mass is 9.97. The highest BCUT2D eigenvalue weighted by atomic mass is 15.3. The Hall–Kier alpha value is -2.94. The molecular formula is C26H26N2. The van der Waals surface area contributed by atoms with Gasteiger partial charge in [-0.1, -0.05) is 62.4 Å². The molecule has 0 heterocycles. The Morgan fingerprint density at radius 2 is 0.679 bits per heavy atom. The zero-order valence-corrected chi connectivity index (χ0v) is 16.5. The van der Waals surface area contributed by atoms with Crippen LogP contribution in [0.4, 0.5) is 0 Å². The van der Waals surface area contributed by atoms with Crippen LogP contribution in [0.2, 0.25) is 0 Å². The summed E-state index contributed by atoms with van der Waals surface area (Å²) in [6, 6.07) is 30.9. The Labute approximate surface area is 166 Å². The minimum Gasteiger partial charge on any atom is -0.258 e. The molecule has 2 N–H and O–H groups in total. The first kappa shape index (κ1) is 18.4. The summed E-state index contributed by atoms with van der Waals surface area (Å²) in [5, 5.41) is 10.4. The molecule has 0 fully saturated rings. The number of nitrogens with one attached hydrogen (secondary N) is 2. The van der Waals surface area contributed by atoms with Gasteiger partial charge in [-0.05, 0) is 79.5 Å². The molecule has 0 unspecified atom stereocenters. The van der Waals surface area contributed by atoms with E-state index >= 15 is 0 Å².